The third-order valence-corrected chi connectivity index (χ3v) is 4.73. The Bertz CT molecular complexity index is 460. The zero-order valence-corrected chi connectivity index (χ0v) is 14.9. The van der Waals surface area contributed by atoms with Gasteiger partial charge in [-0.1, -0.05) is 0 Å². The molecule has 0 bridgehead atoms. The zero-order chi connectivity index (χ0) is 13.7. The van der Waals surface area contributed by atoms with Crippen LogP contribution in [0, 0.1) is 0 Å². The van der Waals surface area contributed by atoms with Crippen molar-refractivity contribution in [3.8, 4) is 0 Å². The third kappa shape index (κ3) is 4.40. The van der Waals surface area contributed by atoms with Gasteiger partial charge in [0, 0.05) is 0 Å². The zero-order valence-electron chi connectivity index (χ0n) is 10.6. The van der Waals surface area contributed by atoms with Crippen LogP contribution in [-0.2, 0) is 0 Å². The average Bonchev–Trinajstić information content (AvgIpc) is 2.43. The fourth-order valence-corrected chi connectivity index (χ4v) is 3.06. The van der Waals surface area contributed by atoms with Gasteiger partial charge < -0.3 is 0 Å². The van der Waals surface area contributed by atoms with Crippen molar-refractivity contribution in [2.75, 3.05) is 0 Å². The molecular formula is C16H15Cl2Sn+3. The van der Waals surface area contributed by atoms with Gasteiger partial charge in [0.25, 0.3) is 0 Å². The Morgan fingerprint density at radius 1 is 0.789 bits per heavy atom. The molecule has 0 fully saturated rings. The molecule has 0 aromatic heterocycles. The summed E-state index contributed by atoms with van der Waals surface area (Å²) in [6.45, 7) is 0. The molecule has 0 atom stereocenters. The van der Waals surface area contributed by atoms with E-state index in [0.29, 0.717) is 5.92 Å². The van der Waals surface area contributed by atoms with Gasteiger partial charge in [-0.15, -0.1) is 0 Å². The van der Waals surface area contributed by atoms with Crippen LogP contribution < -0.4 is 0 Å². The Hall–Kier alpha value is -0.181. The van der Waals surface area contributed by atoms with Gasteiger partial charge in [-0.3, -0.25) is 0 Å². The monoisotopic (exact) mass is 397 g/mol. The molecule has 19 heavy (non-hydrogen) atoms. The fraction of sp³-hybridized carbons (Fsp3) is 0.250. The van der Waals surface area contributed by atoms with Crippen LogP contribution in [0.4, 0.5) is 0 Å². The van der Waals surface area contributed by atoms with Crippen LogP contribution in [0.3, 0.4) is 0 Å². The van der Waals surface area contributed by atoms with Crippen LogP contribution in [0.1, 0.15) is 29.9 Å². The summed E-state index contributed by atoms with van der Waals surface area (Å²) < 4.78 is 1.30. The molecule has 94 valence electrons. The molecule has 3 heteroatoms. The maximum absolute atomic E-state index is 5.97. The van der Waals surface area contributed by atoms with Gasteiger partial charge >= 0.3 is 139 Å². The number of hydrogen-bond acceptors (Lipinski definition) is 0. The van der Waals surface area contributed by atoms with Crippen LogP contribution in [0.5, 0.6) is 0 Å². The average molecular weight is 397 g/mol. The van der Waals surface area contributed by atoms with E-state index in [-0.39, 0.29) is 0 Å². The Balaban J connectivity index is 2.29. The van der Waals surface area contributed by atoms with E-state index in [1.165, 1.54) is 28.4 Å². The first-order valence-corrected chi connectivity index (χ1v) is 9.13. The minimum absolute atomic E-state index is 0.440. The van der Waals surface area contributed by atoms with Gasteiger partial charge in [0.15, 0.2) is 0 Å². The van der Waals surface area contributed by atoms with E-state index in [9.17, 15) is 0 Å². The van der Waals surface area contributed by atoms with Gasteiger partial charge in [0.05, 0.1) is 0 Å². The van der Waals surface area contributed by atoms with E-state index in [1.807, 2.05) is 24.3 Å². The summed E-state index contributed by atoms with van der Waals surface area (Å²) in [5, 5.41) is 1.58. The van der Waals surface area contributed by atoms with Crippen molar-refractivity contribution in [2.45, 2.75) is 23.2 Å². The molecular weight excluding hydrogens is 382 g/mol. The molecule has 0 radical (unpaired) electrons. The maximum atomic E-state index is 5.97. The molecule has 2 aromatic carbocycles. The molecule has 0 saturated heterocycles. The van der Waals surface area contributed by atoms with Crippen LogP contribution >= 0.6 is 23.2 Å². The number of benzene rings is 2. The summed E-state index contributed by atoms with van der Waals surface area (Å²) in [6, 6.07) is 16.4. The quantitative estimate of drug-likeness (QED) is 0.586. The third-order valence-electron chi connectivity index (χ3n) is 3.21. The predicted molar refractivity (Wildman–Crippen MR) is 84.5 cm³/mol. The van der Waals surface area contributed by atoms with Crippen molar-refractivity contribution in [3.05, 3.63) is 69.7 Å². The molecule has 0 unspecified atom stereocenters. The Morgan fingerprint density at radius 3 is 1.58 bits per heavy atom. The first kappa shape index (κ1) is 15.2. The van der Waals surface area contributed by atoms with Gasteiger partial charge in [0.1, 0.15) is 0 Å². The van der Waals surface area contributed by atoms with E-state index < -0.39 is 0 Å². The van der Waals surface area contributed by atoms with Crippen molar-refractivity contribution >= 4 is 45.7 Å². The number of halogens is 2. The van der Waals surface area contributed by atoms with Gasteiger partial charge in [-0.25, -0.2) is 0 Å². The van der Waals surface area contributed by atoms with Crippen LogP contribution in [0.15, 0.2) is 48.5 Å². The molecule has 2 aromatic rings. The van der Waals surface area contributed by atoms with E-state index in [2.05, 4.69) is 24.3 Å². The minimum atomic E-state index is 0.440. The topological polar surface area (TPSA) is 0 Å². The second-order valence-electron chi connectivity index (χ2n) is 4.55. The summed E-state index contributed by atoms with van der Waals surface area (Å²) in [7, 11) is 0. The van der Waals surface area contributed by atoms with Crippen molar-refractivity contribution in [2.24, 2.45) is 0 Å². The van der Waals surface area contributed by atoms with Crippen LogP contribution in [0.25, 0.3) is 0 Å². The molecule has 0 aliphatic heterocycles. The summed E-state index contributed by atoms with van der Waals surface area (Å²) in [5.41, 5.74) is 2.66. The molecule has 0 heterocycles. The van der Waals surface area contributed by atoms with Crippen molar-refractivity contribution in [1.82, 2.24) is 0 Å². The number of hydrogen-bond donors (Lipinski definition) is 0. The summed E-state index contributed by atoms with van der Waals surface area (Å²) in [4.78, 5) is 0. The summed E-state index contributed by atoms with van der Waals surface area (Å²) in [6.07, 6.45) is 2.43. The van der Waals surface area contributed by atoms with Gasteiger partial charge in [-0.05, 0) is 0 Å². The molecule has 0 aliphatic rings. The number of rotatable bonds is 5. The van der Waals surface area contributed by atoms with Crippen LogP contribution in [0.2, 0.25) is 14.5 Å². The summed E-state index contributed by atoms with van der Waals surface area (Å²) >= 11 is 13.6. The first-order valence-electron chi connectivity index (χ1n) is 6.36. The van der Waals surface area contributed by atoms with Crippen molar-refractivity contribution in [3.63, 3.8) is 0 Å². The molecule has 0 nitrogen and oxygen atoms in total. The van der Waals surface area contributed by atoms with Gasteiger partial charge in [-0.2, -0.15) is 0 Å². The standard InChI is InChI=1S/C16H15Cl2.Sn/c1-2-3-16(12-4-8-14(17)9-5-12)13-6-10-15(18)11-7-13;/h4-11,16H,1-3H2;/q;+3. The van der Waals surface area contributed by atoms with Crippen molar-refractivity contribution in [1.29, 1.82) is 0 Å². The Labute approximate surface area is 138 Å². The van der Waals surface area contributed by atoms with Crippen molar-refractivity contribution < 1.29 is 0 Å². The normalized spacial score (nSPS) is 11.0. The van der Waals surface area contributed by atoms with E-state index in [1.54, 1.807) is 22.5 Å². The van der Waals surface area contributed by atoms with E-state index in [4.69, 9.17) is 23.2 Å². The molecule has 0 saturated carbocycles. The first-order chi connectivity index (χ1) is 9.20. The molecule has 0 amide bonds. The second-order valence-corrected chi connectivity index (χ2v) is 6.85. The molecule has 0 spiro atoms. The summed E-state index contributed by atoms with van der Waals surface area (Å²) in [5.74, 6) is 0.440. The van der Waals surface area contributed by atoms with Gasteiger partial charge in [0.2, 0.25) is 0 Å². The second kappa shape index (κ2) is 7.56. The molecule has 0 N–H and O–H groups in total. The van der Waals surface area contributed by atoms with E-state index in [0.717, 1.165) is 10.0 Å². The molecule has 2 rings (SSSR count). The van der Waals surface area contributed by atoms with E-state index >= 15 is 0 Å². The Morgan fingerprint density at radius 2 is 1.21 bits per heavy atom. The fourth-order valence-electron chi connectivity index (χ4n) is 2.22. The molecule has 0 aliphatic carbocycles. The Kier molecular flexibility index (Phi) is 6.05. The predicted octanol–water partition coefficient (Wildman–Crippen LogP) is 5.49. The SMILES string of the molecule is Clc1ccc(C(CC[CH2][Sn+3])c2ccc(Cl)cc2)cc1. The van der Waals surface area contributed by atoms with Crippen LogP contribution in [-0.4, -0.2) is 22.5 Å².